The Morgan fingerprint density at radius 2 is 1.93 bits per heavy atom. The van der Waals surface area contributed by atoms with E-state index in [-0.39, 0.29) is 11.2 Å². The molecule has 2 heterocycles. The van der Waals surface area contributed by atoms with Gasteiger partial charge in [0.25, 0.3) is 0 Å². The van der Waals surface area contributed by atoms with Crippen LogP contribution in [0.5, 0.6) is 0 Å². The first kappa shape index (κ1) is 19.6. The molecule has 1 saturated carbocycles. The maximum absolute atomic E-state index is 12.9. The molecule has 0 spiro atoms. The van der Waals surface area contributed by atoms with Crippen LogP contribution in [-0.2, 0) is 4.79 Å². The van der Waals surface area contributed by atoms with Crippen molar-refractivity contribution in [3.63, 3.8) is 0 Å². The van der Waals surface area contributed by atoms with Gasteiger partial charge in [-0.3, -0.25) is 14.3 Å². The maximum Gasteiger partial charge on any atom is 0.237 e. The van der Waals surface area contributed by atoms with E-state index < -0.39 is 0 Å². The van der Waals surface area contributed by atoms with Gasteiger partial charge in [0.15, 0.2) is 11.0 Å². The maximum atomic E-state index is 12.9. The Bertz CT molecular complexity index is 997. The normalized spacial score (nSPS) is 14.8. The number of para-hydroxylation sites is 1. The Morgan fingerprint density at radius 1 is 1.14 bits per heavy atom. The van der Waals surface area contributed by atoms with Crippen molar-refractivity contribution in [2.75, 3.05) is 5.32 Å². The lowest BCUT2D eigenvalue weighted by atomic mass is 10.0. The van der Waals surface area contributed by atoms with E-state index in [0.29, 0.717) is 12.0 Å². The topological polar surface area (TPSA) is 72.7 Å². The zero-order valence-electron chi connectivity index (χ0n) is 16.9. The van der Waals surface area contributed by atoms with Crippen molar-refractivity contribution < 1.29 is 4.79 Å². The minimum Gasteiger partial charge on any atom is -0.325 e. The van der Waals surface area contributed by atoms with Crippen LogP contribution in [0.3, 0.4) is 0 Å². The minimum atomic E-state index is -0.293. The van der Waals surface area contributed by atoms with Gasteiger partial charge in [0.05, 0.1) is 5.25 Å². The molecule has 3 aromatic rings. The molecule has 1 aliphatic carbocycles. The van der Waals surface area contributed by atoms with Gasteiger partial charge in [-0.05, 0) is 49.4 Å². The van der Waals surface area contributed by atoms with Crippen molar-refractivity contribution in [2.24, 2.45) is 0 Å². The first-order valence-corrected chi connectivity index (χ1v) is 10.8. The number of hydrogen-bond acceptors (Lipinski definition) is 5. The molecule has 0 unspecified atom stereocenters. The van der Waals surface area contributed by atoms with Gasteiger partial charge in [0.2, 0.25) is 5.91 Å². The molecule has 1 fully saturated rings. The van der Waals surface area contributed by atoms with E-state index in [4.69, 9.17) is 0 Å². The van der Waals surface area contributed by atoms with Crippen LogP contribution in [-0.4, -0.2) is 30.9 Å². The number of carbonyl (C=O) groups excluding carboxylic acids is 1. The third-order valence-corrected chi connectivity index (χ3v) is 6.05. The van der Waals surface area contributed by atoms with Crippen LogP contribution in [0, 0.1) is 0 Å². The Labute approximate surface area is 175 Å². The molecule has 2 aromatic heterocycles. The fraction of sp³-hybridized carbons (Fsp3) is 0.364. The predicted molar refractivity (Wildman–Crippen MR) is 116 cm³/mol. The molecular formula is C22H25N5OS. The fourth-order valence-electron chi connectivity index (χ4n) is 3.27. The second-order valence-electron chi connectivity index (χ2n) is 7.64. The molecule has 150 valence electrons. The van der Waals surface area contributed by atoms with Crippen molar-refractivity contribution in [3.8, 4) is 11.4 Å². The number of aromatic nitrogens is 4. The minimum absolute atomic E-state index is 0.0311. The van der Waals surface area contributed by atoms with Gasteiger partial charge < -0.3 is 5.32 Å². The summed E-state index contributed by atoms with van der Waals surface area (Å²) in [6.07, 6.45) is 5.77. The molecule has 6 nitrogen and oxygen atoms in total. The number of pyridine rings is 1. The number of nitrogens with zero attached hydrogens (tertiary/aromatic N) is 4. The molecule has 1 atom stereocenters. The van der Waals surface area contributed by atoms with Crippen LogP contribution >= 0.6 is 11.8 Å². The standard InChI is InChI=1S/C22H25N5OS/c1-14(2)18-8-4-5-9-19(18)24-21(28)15(3)29-22-26-25-20(27(22)17-10-11-17)16-7-6-12-23-13-16/h4-9,12-15,17H,10-11H2,1-3H3,(H,24,28)/t15-/m1/s1. The summed E-state index contributed by atoms with van der Waals surface area (Å²) >= 11 is 1.45. The molecule has 1 aliphatic rings. The molecule has 1 aromatic carbocycles. The number of thioether (sulfide) groups is 1. The van der Waals surface area contributed by atoms with Crippen molar-refractivity contribution in [3.05, 3.63) is 54.4 Å². The second kappa shape index (κ2) is 8.37. The largest absolute Gasteiger partial charge is 0.325 e. The Kier molecular flexibility index (Phi) is 5.67. The van der Waals surface area contributed by atoms with Crippen LogP contribution in [0.1, 0.15) is 51.1 Å². The van der Waals surface area contributed by atoms with Crippen LogP contribution in [0.15, 0.2) is 53.9 Å². The summed E-state index contributed by atoms with van der Waals surface area (Å²) in [6, 6.07) is 12.3. The summed E-state index contributed by atoms with van der Waals surface area (Å²) < 4.78 is 2.16. The average molecular weight is 408 g/mol. The van der Waals surface area contributed by atoms with Crippen LogP contribution < -0.4 is 5.32 Å². The Morgan fingerprint density at radius 3 is 2.62 bits per heavy atom. The number of carbonyl (C=O) groups is 1. The van der Waals surface area contributed by atoms with E-state index in [2.05, 4.69) is 45.0 Å². The van der Waals surface area contributed by atoms with Gasteiger partial charge in [-0.1, -0.05) is 43.8 Å². The Balaban J connectivity index is 1.52. The number of benzene rings is 1. The lowest BCUT2D eigenvalue weighted by Crippen LogP contribution is -2.23. The zero-order valence-corrected chi connectivity index (χ0v) is 17.7. The molecule has 1 amide bonds. The molecule has 1 N–H and O–H groups in total. The van der Waals surface area contributed by atoms with Gasteiger partial charge in [-0.2, -0.15) is 0 Å². The molecule has 0 radical (unpaired) electrons. The number of rotatable bonds is 7. The number of nitrogens with one attached hydrogen (secondary N) is 1. The average Bonchev–Trinajstić information content (AvgIpc) is 3.48. The summed E-state index contributed by atoms with van der Waals surface area (Å²) in [7, 11) is 0. The van der Waals surface area contributed by atoms with E-state index in [0.717, 1.165) is 40.6 Å². The van der Waals surface area contributed by atoms with E-state index in [1.54, 1.807) is 12.4 Å². The molecular weight excluding hydrogens is 382 g/mol. The number of amides is 1. The quantitative estimate of drug-likeness (QED) is 0.563. The Hall–Kier alpha value is -2.67. The first-order chi connectivity index (χ1) is 14.0. The van der Waals surface area contributed by atoms with Gasteiger partial charge >= 0.3 is 0 Å². The van der Waals surface area contributed by atoms with E-state index in [9.17, 15) is 4.79 Å². The lowest BCUT2D eigenvalue weighted by molar-refractivity contribution is -0.115. The van der Waals surface area contributed by atoms with Crippen molar-refractivity contribution in [1.29, 1.82) is 0 Å². The third kappa shape index (κ3) is 4.34. The fourth-order valence-corrected chi connectivity index (χ4v) is 4.19. The molecule has 0 bridgehead atoms. The summed E-state index contributed by atoms with van der Waals surface area (Å²) in [5.41, 5.74) is 2.96. The van der Waals surface area contributed by atoms with Crippen molar-refractivity contribution in [1.82, 2.24) is 19.7 Å². The third-order valence-electron chi connectivity index (χ3n) is 4.99. The van der Waals surface area contributed by atoms with Crippen molar-refractivity contribution >= 4 is 23.4 Å². The lowest BCUT2D eigenvalue weighted by Gasteiger charge is -2.16. The van der Waals surface area contributed by atoms with Crippen LogP contribution in [0.25, 0.3) is 11.4 Å². The monoisotopic (exact) mass is 407 g/mol. The molecule has 0 saturated heterocycles. The number of hydrogen-bond donors (Lipinski definition) is 1. The molecule has 4 rings (SSSR count). The van der Waals surface area contributed by atoms with E-state index in [1.807, 2.05) is 37.3 Å². The summed E-state index contributed by atoms with van der Waals surface area (Å²) in [6.45, 7) is 6.16. The van der Waals surface area contributed by atoms with E-state index >= 15 is 0 Å². The molecule has 7 heteroatoms. The zero-order chi connectivity index (χ0) is 20.4. The SMILES string of the molecule is CC(C)c1ccccc1NC(=O)[C@@H](C)Sc1nnc(-c2cccnc2)n1C1CC1. The van der Waals surface area contributed by atoms with Gasteiger partial charge in [-0.15, -0.1) is 10.2 Å². The van der Waals surface area contributed by atoms with Gasteiger partial charge in [0.1, 0.15) is 0 Å². The van der Waals surface area contributed by atoms with Gasteiger partial charge in [-0.25, -0.2) is 0 Å². The first-order valence-electron chi connectivity index (χ1n) is 9.96. The highest BCUT2D eigenvalue weighted by molar-refractivity contribution is 8.00. The molecule has 0 aliphatic heterocycles. The second-order valence-corrected chi connectivity index (χ2v) is 8.95. The number of anilines is 1. The highest BCUT2D eigenvalue weighted by Gasteiger charge is 2.31. The highest BCUT2D eigenvalue weighted by atomic mass is 32.2. The van der Waals surface area contributed by atoms with E-state index in [1.165, 1.54) is 11.8 Å². The van der Waals surface area contributed by atoms with Crippen LogP contribution in [0.4, 0.5) is 5.69 Å². The smallest absolute Gasteiger partial charge is 0.237 e. The highest BCUT2D eigenvalue weighted by Crippen LogP contribution is 2.41. The summed E-state index contributed by atoms with van der Waals surface area (Å²) in [5, 5.41) is 12.4. The van der Waals surface area contributed by atoms with Crippen molar-refractivity contribution in [2.45, 2.75) is 56.0 Å². The summed E-state index contributed by atoms with van der Waals surface area (Å²) in [5.74, 6) is 1.13. The molecule has 29 heavy (non-hydrogen) atoms. The summed E-state index contributed by atoms with van der Waals surface area (Å²) in [4.78, 5) is 17.1. The predicted octanol–water partition coefficient (Wildman–Crippen LogP) is 4.92. The van der Waals surface area contributed by atoms with Crippen LogP contribution in [0.2, 0.25) is 0 Å². The van der Waals surface area contributed by atoms with Gasteiger partial charge in [0, 0.05) is 29.7 Å².